The summed E-state index contributed by atoms with van der Waals surface area (Å²) >= 11 is 0. The lowest BCUT2D eigenvalue weighted by molar-refractivity contribution is 0.627. The lowest BCUT2D eigenvalue weighted by Gasteiger charge is -2.24. The van der Waals surface area contributed by atoms with Crippen LogP contribution in [0.3, 0.4) is 0 Å². The zero-order chi connectivity index (χ0) is 9.90. The quantitative estimate of drug-likeness (QED) is 0.466. The molecule has 0 N–H and O–H groups in total. The first-order valence-electron chi connectivity index (χ1n) is 5.48. The minimum absolute atomic E-state index is 0.861. The van der Waals surface area contributed by atoms with Crippen molar-refractivity contribution in [3.05, 3.63) is 18.6 Å². The van der Waals surface area contributed by atoms with Crippen LogP contribution in [-0.4, -0.2) is 8.07 Å². The molecule has 1 heteroatoms. The summed E-state index contributed by atoms with van der Waals surface area (Å²) < 4.78 is 0. The molecule has 1 fully saturated rings. The van der Waals surface area contributed by atoms with Crippen LogP contribution < -0.4 is 0 Å². The smallest absolute Gasteiger partial charge is 0.0474 e. The van der Waals surface area contributed by atoms with Crippen LogP contribution in [0.5, 0.6) is 0 Å². The molecule has 2 unspecified atom stereocenters. The van der Waals surface area contributed by atoms with Gasteiger partial charge in [-0.15, -0.1) is 0 Å². The SMILES string of the molecule is CC=CCC1[CH]CC([Si](C)(C)C)C1. The summed E-state index contributed by atoms with van der Waals surface area (Å²) in [6.45, 7) is 9.63. The third kappa shape index (κ3) is 3.30. The summed E-state index contributed by atoms with van der Waals surface area (Å²) in [5, 5.41) is 0. The molecule has 0 bridgehead atoms. The molecular formula is C12H23Si. The summed E-state index contributed by atoms with van der Waals surface area (Å²) in [6.07, 6.45) is 11.2. The van der Waals surface area contributed by atoms with Crippen LogP contribution in [0.25, 0.3) is 0 Å². The molecule has 1 rings (SSSR count). The van der Waals surface area contributed by atoms with Crippen molar-refractivity contribution in [1.29, 1.82) is 0 Å². The molecule has 1 radical (unpaired) electrons. The summed E-state index contributed by atoms with van der Waals surface area (Å²) in [4.78, 5) is 0. The fraction of sp³-hybridized carbons (Fsp3) is 0.750. The average molecular weight is 195 g/mol. The van der Waals surface area contributed by atoms with Gasteiger partial charge in [-0.3, -0.25) is 0 Å². The van der Waals surface area contributed by atoms with Crippen molar-refractivity contribution in [2.24, 2.45) is 5.92 Å². The predicted molar refractivity (Wildman–Crippen MR) is 63.6 cm³/mol. The zero-order valence-electron chi connectivity index (χ0n) is 9.51. The Balaban J connectivity index is 2.36. The highest BCUT2D eigenvalue weighted by molar-refractivity contribution is 6.77. The van der Waals surface area contributed by atoms with E-state index in [1.54, 1.807) is 0 Å². The second kappa shape index (κ2) is 4.45. The third-order valence-electron chi connectivity index (χ3n) is 3.24. The standard InChI is InChI=1S/C12H23Si/c1-5-6-7-11-8-9-12(10-11)13(2,3)4/h5-6,8,11-12H,7,9-10H2,1-4H3. The van der Waals surface area contributed by atoms with Gasteiger partial charge in [-0.2, -0.15) is 0 Å². The van der Waals surface area contributed by atoms with E-state index in [2.05, 4.69) is 45.1 Å². The molecule has 1 aliphatic carbocycles. The first-order valence-corrected chi connectivity index (χ1v) is 9.06. The van der Waals surface area contributed by atoms with Crippen molar-refractivity contribution < 1.29 is 0 Å². The summed E-state index contributed by atoms with van der Waals surface area (Å²) in [5.41, 5.74) is 1.04. The zero-order valence-corrected chi connectivity index (χ0v) is 10.5. The Morgan fingerprint density at radius 3 is 2.54 bits per heavy atom. The molecule has 0 heterocycles. The molecule has 0 nitrogen and oxygen atoms in total. The van der Waals surface area contributed by atoms with Crippen molar-refractivity contribution in [3.63, 3.8) is 0 Å². The van der Waals surface area contributed by atoms with Crippen molar-refractivity contribution in [2.75, 3.05) is 0 Å². The molecule has 0 saturated heterocycles. The van der Waals surface area contributed by atoms with Gasteiger partial charge in [0.1, 0.15) is 0 Å². The highest BCUT2D eigenvalue weighted by Gasteiger charge is 2.33. The lowest BCUT2D eigenvalue weighted by Crippen LogP contribution is -2.26. The number of hydrogen-bond acceptors (Lipinski definition) is 0. The van der Waals surface area contributed by atoms with Gasteiger partial charge in [0, 0.05) is 8.07 Å². The van der Waals surface area contributed by atoms with Gasteiger partial charge in [0.05, 0.1) is 0 Å². The Morgan fingerprint density at radius 1 is 1.38 bits per heavy atom. The van der Waals surface area contributed by atoms with Crippen molar-refractivity contribution >= 4 is 8.07 Å². The van der Waals surface area contributed by atoms with Crippen LogP contribution in [0.1, 0.15) is 26.2 Å². The molecule has 0 aromatic carbocycles. The van der Waals surface area contributed by atoms with Gasteiger partial charge in [-0.1, -0.05) is 31.8 Å². The minimum atomic E-state index is -0.861. The third-order valence-corrected chi connectivity index (χ3v) is 6.16. The van der Waals surface area contributed by atoms with E-state index in [1.807, 2.05) is 0 Å². The molecule has 2 atom stereocenters. The Morgan fingerprint density at radius 2 is 2.08 bits per heavy atom. The van der Waals surface area contributed by atoms with E-state index >= 15 is 0 Å². The molecule has 0 aromatic rings. The monoisotopic (exact) mass is 195 g/mol. The van der Waals surface area contributed by atoms with Crippen LogP contribution >= 0.6 is 0 Å². The van der Waals surface area contributed by atoms with E-state index in [9.17, 15) is 0 Å². The first-order chi connectivity index (χ1) is 6.04. The Bertz CT molecular complexity index is 176. The van der Waals surface area contributed by atoms with E-state index in [-0.39, 0.29) is 0 Å². The van der Waals surface area contributed by atoms with Crippen LogP contribution in [0.4, 0.5) is 0 Å². The maximum atomic E-state index is 2.56. The van der Waals surface area contributed by atoms with Crippen LogP contribution in [-0.2, 0) is 0 Å². The van der Waals surface area contributed by atoms with Gasteiger partial charge >= 0.3 is 0 Å². The second-order valence-corrected chi connectivity index (χ2v) is 10.9. The maximum Gasteiger partial charge on any atom is 0.0474 e. The molecule has 1 saturated carbocycles. The minimum Gasteiger partial charge on any atom is -0.0917 e. The van der Waals surface area contributed by atoms with Gasteiger partial charge in [0.2, 0.25) is 0 Å². The Labute approximate surface area is 84.4 Å². The molecule has 13 heavy (non-hydrogen) atoms. The lowest BCUT2D eigenvalue weighted by atomic mass is 10.0. The fourth-order valence-corrected chi connectivity index (χ4v) is 3.98. The highest BCUT2D eigenvalue weighted by Crippen LogP contribution is 2.42. The number of allylic oxidation sites excluding steroid dienone is 2. The predicted octanol–water partition coefficient (Wildman–Crippen LogP) is 4.28. The van der Waals surface area contributed by atoms with E-state index < -0.39 is 8.07 Å². The van der Waals surface area contributed by atoms with Crippen LogP contribution in [0.15, 0.2) is 12.2 Å². The van der Waals surface area contributed by atoms with Crippen LogP contribution in [0.2, 0.25) is 25.2 Å². The van der Waals surface area contributed by atoms with Gasteiger partial charge in [0.25, 0.3) is 0 Å². The van der Waals surface area contributed by atoms with Gasteiger partial charge in [-0.25, -0.2) is 0 Å². The molecule has 0 spiro atoms. The Hall–Kier alpha value is -0.0431. The van der Waals surface area contributed by atoms with Crippen LogP contribution in [0, 0.1) is 12.3 Å². The fourth-order valence-electron chi connectivity index (χ4n) is 2.13. The van der Waals surface area contributed by atoms with Gasteiger partial charge in [-0.05, 0) is 44.1 Å². The summed E-state index contributed by atoms with van der Waals surface area (Å²) in [5.74, 6) is 0.882. The maximum absolute atomic E-state index is 2.56. The summed E-state index contributed by atoms with van der Waals surface area (Å²) in [6, 6.07) is 0. The van der Waals surface area contributed by atoms with E-state index in [1.165, 1.54) is 19.3 Å². The van der Waals surface area contributed by atoms with Crippen molar-refractivity contribution in [1.82, 2.24) is 0 Å². The van der Waals surface area contributed by atoms with E-state index in [4.69, 9.17) is 0 Å². The topological polar surface area (TPSA) is 0 Å². The Kier molecular flexibility index (Phi) is 3.78. The average Bonchev–Trinajstić information content (AvgIpc) is 2.47. The number of rotatable bonds is 3. The van der Waals surface area contributed by atoms with Crippen molar-refractivity contribution in [2.45, 2.75) is 51.4 Å². The first kappa shape index (κ1) is 11.0. The van der Waals surface area contributed by atoms with Gasteiger partial charge in [0.15, 0.2) is 0 Å². The molecule has 0 aliphatic heterocycles. The number of hydrogen-bond donors (Lipinski definition) is 0. The highest BCUT2D eigenvalue weighted by atomic mass is 28.3. The van der Waals surface area contributed by atoms with Gasteiger partial charge < -0.3 is 0 Å². The molecule has 1 aliphatic rings. The van der Waals surface area contributed by atoms with E-state index in [0.717, 1.165) is 11.5 Å². The van der Waals surface area contributed by atoms with Crippen molar-refractivity contribution in [3.8, 4) is 0 Å². The molecule has 0 aromatic heterocycles. The summed E-state index contributed by atoms with van der Waals surface area (Å²) in [7, 11) is -0.861. The van der Waals surface area contributed by atoms with E-state index in [0.29, 0.717) is 0 Å². The molecular weight excluding hydrogens is 172 g/mol. The largest absolute Gasteiger partial charge is 0.0917 e. The molecule has 0 amide bonds. The normalized spacial score (nSPS) is 30.2. The molecule has 75 valence electrons. The second-order valence-electron chi connectivity index (χ2n) is 5.33.